The standard InChI is InChI=1S/C13H20ClNO/c1-9(15-10(2)13(3,4)16)11-6-5-7-12(14)8-11/h5-10,15-16H,1-4H3/t9-,10?/m0/s1. The smallest absolute Gasteiger partial charge is 0.0741 e. The minimum Gasteiger partial charge on any atom is -0.389 e. The van der Waals surface area contributed by atoms with E-state index in [0.717, 1.165) is 10.6 Å². The zero-order valence-electron chi connectivity index (χ0n) is 10.3. The summed E-state index contributed by atoms with van der Waals surface area (Å²) in [4.78, 5) is 0. The van der Waals surface area contributed by atoms with E-state index in [1.807, 2.05) is 31.2 Å². The predicted octanol–water partition coefficient (Wildman–Crippen LogP) is 3.15. The molecule has 1 unspecified atom stereocenters. The third-order valence-corrected chi connectivity index (χ3v) is 3.14. The number of hydrogen-bond acceptors (Lipinski definition) is 2. The van der Waals surface area contributed by atoms with Gasteiger partial charge in [0.1, 0.15) is 0 Å². The largest absolute Gasteiger partial charge is 0.389 e. The van der Waals surface area contributed by atoms with Crippen LogP contribution in [0.2, 0.25) is 5.02 Å². The van der Waals surface area contributed by atoms with Crippen molar-refractivity contribution < 1.29 is 5.11 Å². The summed E-state index contributed by atoms with van der Waals surface area (Å²) in [6.07, 6.45) is 0. The lowest BCUT2D eigenvalue weighted by molar-refractivity contribution is 0.0405. The van der Waals surface area contributed by atoms with Gasteiger partial charge >= 0.3 is 0 Å². The van der Waals surface area contributed by atoms with Crippen LogP contribution in [0.5, 0.6) is 0 Å². The first-order valence-corrected chi connectivity index (χ1v) is 5.92. The van der Waals surface area contributed by atoms with E-state index < -0.39 is 5.60 Å². The highest BCUT2D eigenvalue weighted by Crippen LogP contribution is 2.19. The molecule has 1 aromatic rings. The van der Waals surface area contributed by atoms with Crippen LogP contribution in [-0.2, 0) is 0 Å². The van der Waals surface area contributed by atoms with Crippen molar-refractivity contribution in [3.05, 3.63) is 34.9 Å². The van der Waals surface area contributed by atoms with Crippen LogP contribution in [-0.4, -0.2) is 16.7 Å². The third kappa shape index (κ3) is 3.78. The van der Waals surface area contributed by atoms with Gasteiger partial charge in [-0.15, -0.1) is 0 Å². The molecule has 3 heteroatoms. The summed E-state index contributed by atoms with van der Waals surface area (Å²) in [5, 5.41) is 13.9. The number of aliphatic hydroxyl groups is 1. The normalized spacial score (nSPS) is 15.9. The van der Waals surface area contributed by atoms with Crippen LogP contribution in [0.4, 0.5) is 0 Å². The van der Waals surface area contributed by atoms with E-state index in [4.69, 9.17) is 11.6 Å². The number of benzene rings is 1. The molecule has 0 aromatic heterocycles. The topological polar surface area (TPSA) is 32.3 Å². The minimum absolute atomic E-state index is 0.0153. The Balaban J connectivity index is 2.69. The Labute approximate surface area is 103 Å². The van der Waals surface area contributed by atoms with Crippen molar-refractivity contribution in [3.63, 3.8) is 0 Å². The Kier molecular flexibility index (Phi) is 4.36. The van der Waals surface area contributed by atoms with Crippen molar-refractivity contribution in [2.24, 2.45) is 0 Å². The van der Waals surface area contributed by atoms with Gasteiger partial charge in [0.05, 0.1) is 5.60 Å². The first-order chi connectivity index (χ1) is 7.30. The SMILES string of the molecule is CC(N[C@@H](C)c1cccc(Cl)c1)C(C)(C)O. The number of halogens is 1. The Bertz CT molecular complexity index is 346. The summed E-state index contributed by atoms with van der Waals surface area (Å²) in [6, 6.07) is 7.94. The second-order valence-corrected chi connectivity index (χ2v) is 5.26. The number of hydrogen-bond donors (Lipinski definition) is 2. The molecule has 1 aromatic carbocycles. The highest BCUT2D eigenvalue weighted by molar-refractivity contribution is 6.30. The molecule has 0 aliphatic carbocycles. The van der Waals surface area contributed by atoms with Gasteiger partial charge in [-0.25, -0.2) is 0 Å². The summed E-state index contributed by atoms with van der Waals surface area (Å²) >= 11 is 5.94. The van der Waals surface area contributed by atoms with Crippen molar-refractivity contribution in [1.82, 2.24) is 5.32 Å². The lowest BCUT2D eigenvalue weighted by atomic mass is 9.98. The Morgan fingerprint density at radius 1 is 1.31 bits per heavy atom. The summed E-state index contributed by atoms with van der Waals surface area (Å²) in [5.41, 5.74) is 0.399. The van der Waals surface area contributed by atoms with Gasteiger partial charge in [0.25, 0.3) is 0 Å². The fourth-order valence-corrected chi connectivity index (χ4v) is 1.65. The quantitative estimate of drug-likeness (QED) is 0.849. The molecule has 0 amide bonds. The third-order valence-electron chi connectivity index (χ3n) is 2.91. The van der Waals surface area contributed by atoms with Crippen molar-refractivity contribution >= 4 is 11.6 Å². The molecule has 0 saturated heterocycles. The molecule has 0 heterocycles. The van der Waals surface area contributed by atoms with Crippen LogP contribution in [0.15, 0.2) is 24.3 Å². The van der Waals surface area contributed by atoms with Crippen LogP contribution in [0.3, 0.4) is 0 Å². The molecule has 2 N–H and O–H groups in total. The maximum Gasteiger partial charge on any atom is 0.0741 e. The van der Waals surface area contributed by atoms with E-state index >= 15 is 0 Å². The molecule has 2 nitrogen and oxygen atoms in total. The summed E-state index contributed by atoms with van der Waals surface area (Å²) in [7, 11) is 0. The molecule has 0 aliphatic heterocycles. The molecule has 90 valence electrons. The number of nitrogens with one attached hydrogen (secondary N) is 1. The van der Waals surface area contributed by atoms with E-state index in [-0.39, 0.29) is 12.1 Å². The van der Waals surface area contributed by atoms with Crippen molar-refractivity contribution in [2.75, 3.05) is 0 Å². The van der Waals surface area contributed by atoms with Crippen molar-refractivity contribution in [1.29, 1.82) is 0 Å². The monoisotopic (exact) mass is 241 g/mol. The van der Waals surface area contributed by atoms with E-state index in [1.54, 1.807) is 13.8 Å². The lowest BCUT2D eigenvalue weighted by Crippen LogP contribution is -2.45. The molecule has 0 aliphatic rings. The second kappa shape index (κ2) is 5.17. The van der Waals surface area contributed by atoms with E-state index in [2.05, 4.69) is 12.2 Å². The maximum atomic E-state index is 9.85. The average Bonchev–Trinajstić information content (AvgIpc) is 2.16. The van der Waals surface area contributed by atoms with Gasteiger partial charge < -0.3 is 10.4 Å². The van der Waals surface area contributed by atoms with Crippen LogP contribution < -0.4 is 5.32 Å². The molecule has 16 heavy (non-hydrogen) atoms. The van der Waals surface area contributed by atoms with Crippen LogP contribution in [0.1, 0.15) is 39.3 Å². The van der Waals surface area contributed by atoms with Gasteiger partial charge in [-0.05, 0) is 45.4 Å². The average molecular weight is 242 g/mol. The molecule has 0 spiro atoms. The molecule has 0 saturated carbocycles. The fraction of sp³-hybridized carbons (Fsp3) is 0.538. The Morgan fingerprint density at radius 3 is 2.44 bits per heavy atom. The zero-order valence-corrected chi connectivity index (χ0v) is 11.0. The molecule has 2 atom stereocenters. The summed E-state index contributed by atoms with van der Waals surface area (Å²) in [5.74, 6) is 0. The van der Waals surface area contributed by atoms with E-state index in [0.29, 0.717) is 0 Å². The van der Waals surface area contributed by atoms with Crippen molar-refractivity contribution in [2.45, 2.75) is 45.4 Å². The van der Waals surface area contributed by atoms with Gasteiger partial charge in [-0.3, -0.25) is 0 Å². The van der Waals surface area contributed by atoms with Gasteiger partial charge in [0.2, 0.25) is 0 Å². The lowest BCUT2D eigenvalue weighted by Gasteiger charge is -2.30. The molecular weight excluding hydrogens is 222 g/mol. The van der Waals surface area contributed by atoms with E-state index in [9.17, 15) is 5.11 Å². The van der Waals surface area contributed by atoms with Gasteiger partial charge in [-0.2, -0.15) is 0 Å². The van der Waals surface area contributed by atoms with Gasteiger partial charge in [0, 0.05) is 17.1 Å². The first-order valence-electron chi connectivity index (χ1n) is 5.54. The zero-order chi connectivity index (χ0) is 12.3. The van der Waals surface area contributed by atoms with Crippen LogP contribution in [0, 0.1) is 0 Å². The highest BCUT2D eigenvalue weighted by Gasteiger charge is 2.23. The molecule has 1 rings (SSSR count). The Morgan fingerprint density at radius 2 is 1.94 bits per heavy atom. The van der Waals surface area contributed by atoms with Crippen LogP contribution >= 0.6 is 11.6 Å². The van der Waals surface area contributed by atoms with Crippen LogP contribution in [0.25, 0.3) is 0 Å². The Hall–Kier alpha value is -0.570. The number of rotatable bonds is 4. The summed E-state index contributed by atoms with van der Waals surface area (Å²) < 4.78 is 0. The highest BCUT2D eigenvalue weighted by atomic mass is 35.5. The van der Waals surface area contributed by atoms with Gasteiger partial charge in [0.15, 0.2) is 0 Å². The van der Waals surface area contributed by atoms with Crippen molar-refractivity contribution in [3.8, 4) is 0 Å². The fourth-order valence-electron chi connectivity index (χ4n) is 1.45. The van der Waals surface area contributed by atoms with Gasteiger partial charge in [-0.1, -0.05) is 23.7 Å². The first kappa shape index (κ1) is 13.5. The minimum atomic E-state index is -0.729. The predicted molar refractivity (Wildman–Crippen MR) is 68.8 cm³/mol. The second-order valence-electron chi connectivity index (χ2n) is 4.82. The molecule has 0 radical (unpaired) electrons. The molecule has 0 bridgehead atoms. The summed E-state index contributed by atoms with van der Waals surface area (Å²) in [6.45, 7) is 7.64. The maximum absolute atomic E-state index is 9.85. The molecule has 0 fully saturated rings. The van der Waals surface area contributed by atoms with E-state index in [1.165, 1.54) is 0 Å². The molecular formula is C13H20ClNO.